The maximum atomic E-state index is 12.0. The topological polar surface area (TPSA) is 80.4 Å². The Bertz CT molecular complexity index is 706. The summed E-state index contributed by atoms with van der Waals surface area (Å²) in [5, 5.41) is 3.76. The summed E-state index contributed by atoms with van der Waals surface area (Å²) in [7, 11) is 0. The standard InChI is InChI=1S/C18H24N2O4/c1-4-23-18(22)19-10-9-14-13-7-5-6-8-15(13)20-16(14)11-17(21)24-12(2)3/h5-8,12,20H,4,9-11H2,1-3H3,(H,19,22). The first-order valence-corrected chi connectivity index (χ1v) is 8.19. The van der Waals surface area contributed by atoms with Crippen LogP contribution in [-0.4, -0.2) is 36.3 Å². The lowest BCUT2D eigenvalue weighted by molar-refractivity contribution is -0.146. The number of fused-ring (bicyclic) bond motifs is 1. The second-order valence-electron chi connectivity index (χ2n) is 5.74. The highest BCUT2D eigenvalue weighted by atomic mass is 16.5. The van der Waals surface area contributed by atoms with Crippen LogP contribution >= 0.6 is 0 Å². The van der Waals surface area contributed by atoms with Crippen LogP contribution in [0, 0.1) is 0 Å². The second kappa shape index (κ2) is 8.38. The molecular weight excluding hydrogens is 308 g/mol. The Balaban J connectivity index is 2.14. The van der Waals surface area contributed by atoms with E-state index in [0.29, 0.717) is 19.6 Å². The van der Waals surface area contributed by atoms with E-state index in [0.717, 1.165) is 22.2 Å². The van der Waals surface area contributed by atoms with Crippen LogP contribution in [0.15, 0.2) is 24.3 Å². The number of carbonyl (C=O) groups excluding carboxylic acids is 2. The van der Waals surface area contributed by atoms with Gasteiger partial charge in [-0.2, -0.15) is 0 Å². The van der Waals surface area contributed by atoms with Crippen LogP contribution in [0.5, 0.6) is 0 Å². The third kappa shape index (κ3) is 4.75. The predicted molar refractivity (Wildman–Crippen MR) is 92.0 cm³/mol. The fraction of sp³-hybridized carbons (Fsp3) is 0.444. The fourth-order valence-electron chi connectivity index (χ4n) is 2.61. The van der Waals surface area contributed by atoms with Crippen molar-refractivity contribution in [3.8, 4) is 0 Å². The molecule has 0 aliphatic heterocycles. The zero-order valence-corrected chi connectivity index (χ0v) is 14.3. The molecule has 6 nitrogen and oxygen atoms in total. The van der Waals surface area contributed by atoms with E-state index in [4.69, 9.17) is 9.47 Å². The van der Waals surface area contributed by atoms with E-state index < -0.39 is 6.09 Å². The molecule has 0 atom stereocenters. The van der Waals surface area contributed by atoms with Crippen molar-refractivity contribution >= 4 is 23.0 Å². The summed E-state index contributed by atoms with van der Waals surface area (Å²) in [4.78, 5) is 26.7. The molecule has 0 bridgehead atoms. The van der Waals surface area contributed by atoms with Gasteiger partial charge >= 0.3 is 12.1 Å². The smallest absolute Gasteiger partial charge is 0.407 e. The first kappa shape index (κ1) is 17.8. The second-order valence-corrected chi connectivity index (χ2v) is 5.74. The minimum absolute atomic E-state index is 0.143. The Morgan fingerprint density at radius 3 is 2.71 bits per heavy atom. The van der Waals surface area contributed by atoms with Gasteiger partial charge in [0.2, 0.25) is 0 Å². The molecule has 0 fully saturated rings. The van der Waals surface area contributed by atoms with Crippen LogP contribution in [0.2, 0.25) is 0 Å². The first-order valence-electron chi connectivity index (χ1n) is 8.19. The van der Waals surface area contributed by atoms with E-state index in [2.05, 4.69) is 10.3 Å². The molecule has 6 heteroatoms. The third-order valence-electron chi connectivity index (χ3n) is 3.51. The Morgan fingerprint density at radius 1 is 1.25 bits per heavy atom. The van der Waals surface area contributed by atoms with Gasteiger partial charge in [0.05, 0.1) is 19.1 Å². The summed E-state index contributed by atoms with van der Waals surface area (Å²) < 4.78 is 10.1. The minimum atomic E-state index is -0.432. The molecule has 2 aromatic rings. The lowest BCUT2D eigenvalue weighted by Gasteiger charge is -2.09. The molecule has 1 aromatic carbocycles. The van der Waals surface area contributed by atoms with Crippen molar-refractivity contribution in [1.82, 2.24) is 10.3 Å². The highest BCUT2D eigenvalue weighted by Crippen LogP contribution is 2.23. The number of para-hydroxylation sites is 1. The molecule has 24 heavy (non-hydrogen) atoms. The van der Waals surface area contributed by atoms with Gasteiger partial charge in [0.15, 0.2) is 0 Å². The van der Waals surface area contributed by atoms with Gasteiger partial charge in [0, 0.05) is 23.1 Å². The van der Waals surface area contributed by atoms with Crippen LogP contribution in [0.1, 0.15) is 32.0 Å². The van der Waals surface area contributed by atoms with Gasteiger partial charge in [-0.25, -0.2) is 4.79 Å². The summed E-state index contributed by atoms with van der Waals surface area (Å²) in [5.41, 5.74) is 2.81. The van der Waals surface area contributed by atoms with Crippen molar-refractivity contribution in [2.24, 2.45) is 0 Å². The van der Waals surface area contributed by atoms with Crippen molar-refractivity contribution in [2.75, 3.05) is 13.2 Å². The van der Waals surface area contributed by atoms with Gasteiger partial charge in [-0.15, -0.1) is 0 Å². The number of benzene rings is 1. The Labute approximate surface area is 141 Å². The van der Waals surface area contributed by atoms with Crippen molar-refractivity contribution in [2.45, 2.75) is 39.7 Å². The van der Waals surface area contributed by atoms with Crippen LogP contribution in [-0.2, 0) is 27.1 Å². The molecule has 0 unspecified atom stereocenters. The number of H-pyrrole nitrogens is 1. The summed E-state index contributed by atoms with van der Waals surface area (Å²) in [6, 6.07) is 7.86. The van der Waals surface area contributed by atoms with Crippen molar-refractivity contribution < 1.29 is 19.1 Å². The first-order chi connectivity index (χ1) is 11.5. The fourth-order valence-corrected chi connectivity index (χ4v) is 2.61. The molecule has 1 heterocycles. The molecule has 0 saturated carbocycles. The quantitative estimate of drug-likeness (QED) is 0.764. The maximum Gasteiger partial charge on any atom is 0.407 e. The lowest BCUT2D eigenvalue weighted by Crippen LogP contribution is -2.26. The minimum Gasteiger partial charge on any atom is -0.463 e. The number of aromatic nitrogens is 1. The van der Waals surface area contributed by atoms with Crippen LogP contribution in [0.25, 0.3) is 10.9 Å². The summed E-state index contributed by atoms with van der Waals surface area (Å²) >= 11 is 0. The molecule has 2 N–H and O–H groups in total. The zero-order chi connectivity index (χ0) is 17.5. The summed E-state index contributed by atoms with van der Waals surface area (Å²) in [6.45, 7) is 6.19. The van der Waals surface area contributed by atoms with E-state index in [1.165, 1.54) is 0 Å². The van der Waals surface area contributed by atoms with Crippen molar-refractivity contribution in [3.05, 3.63) is 35.5 Å². The Kier molecular flexibility index (Phi) is 6.23. The number of rotatable bonds is 7. The molecule has 0 aliphatic carbocycles. The number of amides is 1. The van der Waals surface area contributed by atoms with Crippen molar-refractivity contribution in [1.29, 1.82) is 0 Å². The Morgan fingerprint density at radius 2 is 2.00 bits per heavy atom. The van der Waals surface area contributed by atoms with Crippen LogP contribution < -0.4 is 5.32 Å². The molecule has 130 valence electrons. The lowest BCUT2D eigenvalue weighted by atomic mass is 10.1. The average Bonchev–Trinajstić information content (AvgIpc) is 2.84. The summed E-state index contributed by atoms with van der Waals surface area (Å²) in [5.74, 6) is -0.267. The number of ether oxygens (including phenoxy) is 2. The number of nitrogens with one attached hydrogen (secondary N) is 2. The highest BCUT2D eigenvalue weighted by Gasteiger charge is 2.16. The molecule has 2 rings (SSSR count). The molecule has 0 saturated heterocycles. The Hall–Kier alpha value is -2.50. The molecule has 1 aromatic heterocycles. The highest BCUT2D eigenvalue weighted by molar-refractivity contribution is 5.86. The SMILES string of the molecule is CCOC(=O)NCCc1c(CC(=O)OC(C)C)[nH]c2ccccc12. The monoisotopic (exact) mass is 332 g/mol. The largest absolute Gasteiger partial charge is 0.463 e. The average molecular weight is 332 g/mol. The van der Waals surface area contributed by atoms with E-state index in [1.54, 1.807) is 6.92 Å². The predicted octanol–water partition coefficient (Wildman–Crippen LogP) is 2.95. The van der Waals surface area contributed by atoms with Gasteiger partial charge in [0.25, 0.3) is 0 Å². The van der Waals surface area contributed by atoms with E-state index in [9.17, 15) is 9.59 Å². The van der Waals surface area contributed by atoms with E-state index in [-0.39, 0.29) is 18.5 Å². The van der Waals surface area contributed by atoms with Crippen LogP contribution in [0.4, 0.5) is 4.79 Å². The number of hydrogen-bond acceptors (Lipinski definition) is 4. The normalized spacial score (nSPS) is 10.8. The van der Waals surface area contributed by atoms with Gasteiger partial charge in [-0.05, 0) is 38.8 Å². The molecule has 0 radical (unpaired) electrons. The zero-order valence-electron chi connectivity index (χ0n) is 14.3. The van der Waals surface area contributed by atoms with E-state index >= 15 is 0 Å². The maximum absolute atomic E-state index is 12.0. The van der Waals surface area contributed by atoms with Gasteiger partial charge in [-0.1, -0.05) is 18.2 Å². The van der Waals surface area contributed by atoms with Crippen molar-refractivity contribution in [3.63, 3.8) is 0 Å². The van der Waals surface area contributed by atoms with Crippen LogP contribution in [0.3, 0.4) is 0 Å². The number of alkyl carbamates (subject to hydrolysis) is 1. The molecular formula is C18H24N2O4. The van der Waals surface area contributed by atoms with E-state index in [1.807, 2.05) is 38.1 Å². The summed E-state index contributed by atoms with van der Waals surface area (Å²) in [6.07, 6.45) is 0.211. The third-order valence-corrected chi connectivity index (χ3v) is 3.51. The number of aromatic amines is 1. The van der Waals surface area contributed by atoms with Gasteiger partial charge < -0.3 is 19.8 Å². The molecule has 0 spiro atoms. The number of esters is 1. The molecule has 1 amide bonds. The van der Waals surface area contributed by atoms with Gasteiger partial charge in [0.1, 0.15) is 0 Å². The number of hydrogen-bond donors (Lipinski definition) is 2. The number of carbonyl (C=O) groups is 2. The van der Waals surface area contributed by atoms with Gasteiger partial charge in [-0.3, -0.25) is 4.79 Å². The molecule has 0 aliphatic rings.